The molecule has 1 saturated heterocycles. The summed E-state index contributed by atoms with van der Waals surface area (Å²) in [4.78, 5) is 39.4. The van der Waals surface area contributed by atoms with E-state index in [0.717, 1.165) is 31.7 Å². The molecule has 1 atom stereocenters. The molecule has 2 aliphatic rings. The molecule has 0 unspecified atom stereocenters. The molecule has 196 valence electrons. The number of aromatic carboxylic acids is 1. The van der Waals surface area contributed by atoms with Gasteiger partial charge in [-0.15, -0.1) is 0 Å². The van der Waals surface area contributed by atoms with Crippen LogP contribution in [0.1, 0.15) is 93.9 Å². The smallest absolute Gasteiger partial charge is 0.410 e. The molecule has 1 N–H and O–H groups in total. The van der Waals surface area contributed by atoms with E-state index in [1.165, 1.54) is 0 Å². The third-order valence-electron chi connectivity index (χ3n) is 7.01. The van der Waals surface area contributed by atoms with Gasteiger partial charge in [-0.25, -0.2) is 18.4 Å². The van der Waals surface area contributed by atoms with E-state index in [-0.39, 0.29) is 47.5 Å². The van der Waals surface area contributed by atoms with E-state index in [2.05, 4.69) is 0 Å². The Kier molecular flexibility index (Phi) is 7.12. The van der Waals surface area contributed by atoms with Crippen molar-refractivity contribution in [1.29, 1.82) is 0 Å². The van der Waals surface area contributed by atoms with Crippen LogP contribution in [0.2, 0.25) is 0 Å². The maximum atomic E-state index is 15.2. The summed E-state index contributed by atoms with van der Waals surface area (Å²) in [6, 6.07) is 0.739. The van der Waals surface area contributed by atoms with E-state index in [9.17, 15) is 23.9 Å². The third-order valence-corrected chi connectivity index (χ3v) is 7.01. The summed E-state index contributed by atoms with van der Waals surface area (Å²) in [7, 11) is 0. The molecule has 9 heteroatoms. The van der Waals surface area contributed by atoms with Gasteiger partial charge in [0.1, 0.15) is 11.2 Å². The van der Waals surface area contributed by atoms with Crippen molar-refractivity contribution in [2.24, 2.45) is 0 Å². The molecule has 1 amide bonds. The molecule has 2 heterocycles. The fourth-order valence-electron chi connectivity index (χ4n) is 5.38. The van der Waals surface area contributed by atoms with E-state index >= 15 is 4.39 Å². The van der Waals surface area contributed by atoms with Crippen molar-refractivity contribution in [2.75, 3.05) is 6.54 Å². The first-order chi connectivity index (χ1) is 16.9. The lowest BCUT2D eigenvalue weighted by Gasteiger charge is -2.28. The first-order valence-electron chi connectivity index (χ1n) is 12.8. The van der Waals surface area contributed by atoms with Gasteiger partial charge in [-0.2, -0.15) is 0 Å². The molecule has 1 aromatic heterocycles. The summed E-state index contributed by atoms with van der Waals surface area (Å²) in [5.41, 5.74) is -1.000. The normalized spacial score (nSPS) is 18.2. The number of nitrogens with zero attached hydrogens (tertiary/aromatic N) is 2. The Morgan fingerprint density at radius 3 is 2.47 bits per heavy atom. The molecule has 4 rings (SSSR count). The third kappa shape index (κ3) is 4.97. The number of hydrogen-bond donors (Lipinski definition) is 1. The van der Waals surface area contributed by atoms with Crippen molar-refractivity contribution in [2.45, 2.75) is 96.7 Å². The van der Waals surface area contributed by atoms with Crippen molar-refractivity contribution >= 4 is 23.0 Å². The molecule has 7 nitrogen and oxygen atoms in total. The highest BCUT2D eigenvalue weighted by Crippen LogP contribution is 2.40. The number of carbonyl (C=O) groups is 2. The Hall–Kier alpha value is -2.97. The van der Waals surface area contributed by atoms with Crippen LogP contribution in [-0.2, 0) is 17.6 Å². The van der Waals surface area contributed by atoms with Crippen molar-refractivity contribution in [3.8, 4) is 0 Å². The van der Waals surface area contributed by atoms with Gasteiger partial charge in [-0.3, -0.25) is 4.79 Å². The fourth-order valence-corrected chi connectivity index (χ4v) is 5.38. The van der Waals surface area contributed by atoms with Crippen molar-refractivity contribution in [3.63, 3.8) is 0 Å². The number of benzene rings is 1. The van der Waals surface area contributed by atoms with Crippen LogP contribution in [0.3, 0.4) is 0 Å². The predicted molar refractivity (Wildman–Crippen MR) is 132 cm³/mol. The summed E-state index contributed by atoms with van der Waals surface area (Å²) in [5.74, 6) is -3.52. The predicted octanol–water partition coefficient (Wildman–Crippen LogP) is 5.60. The van der Waals surface area contributed by atoms with Gasteiger partial charge in [0.05, 0.1) is 5.52 Å². The Bertz CT molecular complexity index is 1260. The summed E-state index contributed by atoms with van der Waals surface area (Å²) in [5, 5.41) is 9.64. The quantitative estimate of drug-likeness (QED) is 0.530. The Balaban J connectivity index is 1.69. The van der Waals surface area contributed by atoms with E-state index < -0.39 is 28.6 Å². The number of ether oxygens (including phenoxy) is 1. The average molecular weight is 505 g/mol. The molecule has 36 heavy (non-hydrogen) atoms. The maximum absolute atomic E-state index is 15.2. The standard InChI is InChI=1S/C27H34F2N2O5/c1-5-20-21(25(33)34)24(32)18-14-19(28)22(29)17(23(18)31(20)16-11-12-16)10-6-8-15-9-7-13-30(15)26(35)36-27(2,3)4/h14-16H,5-13H2,1-4H3,(H,33,34)/t15-/m1/s1. The number of hydrogen-bond acceptors (Lipinski definition) is 4. The molecule has 1 aromatic carbocycles. The second kappa shape index (κ2) is 9.82. The van der Waals surface area contributed by atoms with Crippen molar-refractivity contribution < 1.29 is 28.2 Å². The molecule has 2 aromatic rings. The highest BCUT2D eigenvalue weighted by Gasteiger charge is 2.34. The van der Waals surface area contributed by atoms with Gasteiger partial charge in [0, 0.05) is 35.3 Å². The molecule has 1 aliphatic heterocycles. The lowest BCUT2D eigenvalue weighted by atomic mass is 9.97. The molecular formula is C27H34F2N2O5. The number of amides is 1. The molecule has 2 fully saturated rings. The van der Waals surface area contributed by atoms with Crippen LogP contribution in [0.4, 0.5) is 13.6 Å². The van der Waals surface area contributed by atoms with Crippen LogP contribution in [0.15, 0.2) is 10.9 Å². The van der Waals surface area contributed by atoms with E-state index in [1.807, 2.05) is 20.8 Å². The fraction of sp³-hybridized carbons (Fsp3) is 0.593. The van der Waals surface area contributed by atoms with Gasteiger partial charge in [0.15, 0.2) is 11.6 Å². The van der Waals surface area contributed by atoms with Crippen LogP contribution in [0.5, 0.6) is 0 Å². The molecule has 0 radical (unpaired) electrons. The van der Waals surface area contributed by atoms with Gasteiger partial charge in [0.2, 0.25) is 5.43 Å². The number of fused-ring (bicyclic) bond motifs is 1. The average Bonchev–Trinajstić information content (AvgIpc) is 3.51. The number of aryl methyl sites for hydroxylation is 1. The number of rotatable bonds is 7. The second-order valence-electron chi connectivity index (χ2n) is 10.8. The van der Waals surface area contributed by atoms with E-state index in [1.54, 1.807) is 16.4 Å². The lowest BCUT2D eigenvalue weighted by molar-refractivity contribution is 0.0219. The topological polar surface area (TPSA) is 88.8 Å². The van der Waals surface area contributed by atoms with E-state index in [4.69, 9.17) is 4.74 Å². The van der Waals surface area contributed by atoms with Crippen molar-refractivity contribution in [3.05, 3.63) is 44.7 Å². The summed E-state index contributed by atoms with van der Waals surface area (Å²) < 4.78 is 37.2. The highest BCUT2D eigenvalue weighted by atomic mass is 19.2. The first kappa shape index (κ1) is 26.1. The van der Waals surface area contributed by atoms with Crippen LogP contribution in [0.25, 0.3) is 10.9 Å². The molecule has 1 aliphatic carbocycles. The summed E-state index contributed by atoms with van der Waals surface area (Å²) in [6.07, 6.45) is 4.36. The summed E-state index contributed by atoms with van der Waals surface area (Å²) >= 11 is 0. The molecule has 1 saturated carbocycles. The largest absolute Gasteiger partial charge is 0.477 e. The first-order valence-corrected chi connectivity index (χ1v) is 12.8. The number of carboxylic acid groups (broad SMARTS) is 1. The molecular weight excluding hydrogens is 470 g/mol. The van der Waals surface area contributed by atoms with E-state index in [0.29, 0.717) is 30.6 Å². The van der Waals surface area contributed by atoms with Gasteiger partial charge in [0.25, 0.3) is 0 Å². The minimum absolute atomic E-state index is 0.0396. The minimum Gasteiger partial charge on any atom is -0.477 e. The SMILES string of the molecule is CCc1c(C(=O)O)c(=O)c2cc(F)c(F)c(CCC[C@@H]3CCCN3C(=O)OC(C)(C)C)c2n1C1CC1. The zero-order valence-electron chi connectivity index (χ0n) is 21.3. The number of carbonyl (C=O) groups excluding carboxylic acids is 1. The highest BCUT2D eigenvalue weighted by molar-refractivity contribution is 5.95. The number of carboxylic acids is 1. The van der Waals surface area contributed by atoms with Crippen LogP contribution >= 0.6 is 0 Å². The monoisotopic (exact) mass is 504 g/mol. The number of aromatic nitrogens is 1. The van der Waals surface area contributed by atoms with Gasteiger partial charge >= 0.3 is 12.1 Å². The van der Waals surface area contributed by atoms with Gasteiger partial charge in [-0.1, -0.05) is 6.92 Å². The van der Waals surface area contributed by atoms with Crippen LogP contribution in [0, 0.1) is 11.6 Å². The Morgan fingerprint density at radius 1 is 1.19 bits per heavy atom. The molecule has 0 spiro atoms. The number of likely N-dealkylation sites (tertiary alicyclic amines) is 1. The molecule has 0 bridgehead atoms. The number of halogens is 2. The zero-order valence-corrected chi connectivity index (χ0v) is 21.3. The van der Waals surface area contributed by atoms with Crippen molar-refractivity contribution in [1.82, 2.24) is 9.47 Å². The number of pyridine rings is 1. The zero-order chi connectivity index (χ0) is 26.4. The Labute approximate surface area is 209 Å². The Morgan fingerprint density at radius 2 is 1.89 bits per heavy atom. The maximum Gasteiger partial charge on any atom is 0.410 e. The minimum atomic E-state index is -1.36. The van der Waals surface area contributed by atoms with Gasteiger partial charge in [-0.05, 0) is 78.2 Å². The van der Waals surface area contributed by atoms with Gasteiger partial charge < -0.3 is 19.3 Å². The lowest BCUT2D eigenvalue weighted by Crippen LogP contribution is -2.39. The van der Waals surface area contributed by atoms with Crippen LogP contribution in [-0.4, -0.2) is 44.8 Å². The second-order valence-corrected chi connectivity index (χ2v) is 10.8. The van der Waals surface area contributed by atoms with Crippen LogP contribution < -0.4 is 5.43 Å². The summed E-state index contributed by atoms with van der Waals surface area (Å²) in [6.45, 7) is 7.79.